The Morgan fingerprint density at radius 1 is 1.12 bits per heavy atom. The van der Waals surface area contributed by atoms with Gasteiger partial charge in [0.1, 0.15) is 0 Å². The van der Waals surface area contributed by atoms with Crippen LogP contribution in [0.5, 0.6) is 0 Å². The fraction of sp³-hybridized carbons (Fsp3) is 0.167. The van der Waals surface area contributed by atoms with E-state index in [0.29, 0.717) is 12.4 Å². The number of aromatic amines is 1. The summed E-state index contributed by atoms with van der Waals surface area (Å²) in [4.78, 5) is 26.4. The maximum Gasteiger partial charge on any atom is 0.229 e. The third kappa shape index (κ3) is 2.52. The van der Waals surface area contributed by atoms with Crippen molar-refractivity contribution in [1.82, 2.24) is 10.2 Å². The summed E-state index contributed by atoms with van der Waals surface area (Å²) >= 11 is 0. The lowest BCUT2D eigenvalue weighted by molar-refractivity contribution is -0.122. The van der Waals surface area contributed by atoms with Gasteiger partial charge in [-0.3, -0.25) is 19.6 Å². The van der Waals surface area contributed by atoms with Gasteiger partial charge >= 0.3 is 0 Å². The van der Waals surface area contributed by atoms with Crippen LogP contribution in [0.4, 0.5) is 11.5 Å². The molecule has 3 aromatic rings. The molecule has 1 aromatic heterocycles. The lowest BCUT2D eigenvalue weighted by atomic mass is 10.1. The van der Waals surface area contributed by atoms with Crippen LogP contribution in [0.3, 0.4) is 0 Å². The Bertz CT molecular complexity index is 904. The van der Waals surface area contributed by atoms with E-state index in [1.165, 1.54) is 0 Å². The van der Waals surface area contributed by atoms with Gasteiger partial charge < -0.3 is 5.32 Å². The molecule has 6 nitrogen and oxygen atoms in total. The van der Waals surface area contributed by atoms with Crippen molar-refractivity contribution in [2.24, 2.45) is 5.92 Å². The van der Waals surface area contributed by atoms with Gasteiger partial charge in [-0.2, -0.15) is 5.10 Å². The number of hydrogen-bond donors (Lipinski definition) is 2. The Labute approximate surface area is 138 Å². The molecule has 1 atom stereocenters. The smallest absolute Gasteiger partial charge is 0.229 e. The molecule has 2 amide bonds. The number of carbonyl (C=O) groups excluding carboxylic acids is 2. The summed E-state index contributed by atoms with van der Waals surface area (Å²) in [5, 5.41) is 10.9. The van der Waals surface area contributed by atoms with Crippen molar-refractivity contribution >= 4 is 34.2 Å². The first kappa shape index (κ1) is 14.4. The van der Waals surface area contributed by atoms with Crippen molar-refractivity contribution in [1.29, 1.82) is 0 Å². The second-order valence-corrected chi connectivity index (χ2v) is 5.85. The largest absolute Gasteiger partial charge is 0.326 e. The molecular weight excluding hydrogens is 304 g/mol. The number of para-hydroxylation sites is 2. The van der Waals surface area contributed by atoms with Gasteiger partial charge in [-0.25, -0.2) is 0 Å². The molecule has 4 rings (SSSR count). The van der Waals surface area contributed by atoms with E-state index in [-0.39, 0.29) is 24.2 Å². The highest BCUT2D eigenvalue weighted by Gasteiger charge is 2.36. The van der Waals surface area contributed by atoms with Crippen molar-refractivity contribution in [3.05, 3.63) is 54.6 Å². The van der Waals surface area contributed by atoms with Gasteiger partial charge in [0.25, 0.3) is 0 Å². The van der Waals surface area contributed by atoms with E-state index in [4.69, 9.17) is 0 Å². The van der Waals surface area contributed by atoms with Crippen LogP contribution in [-0.2, 0) is 9.59 Å². The molecule has 6 heteroatoms. The molecule has 0 unspecified atom stereocenters. The average Bonchev–Trinajstić information content (AvgIpc) is 3.19. The number of fused-ring (bicyclic) bond motifs is 1. The van der Waals surface area contributed by atoms with Gasteiger partial charge in [0.15, 0.2) is 5.82 Å². The quantitative estimate of drug-likeness (QED) is 0.778. The molecule has 1 saturated heterocycles. The topological polar surface area (TPSA) is 78.1 Å². The van der Waals surface area contributed by atoms with Crippen molar-refractivity contribution in [2.75, 3.05) is 16.8 Å². The minimum Gasteiger partial charge on any atom is -0.326 e. The predicted molar refractivity (Wildman–Crippen MR) is 91.6 cm³/mol. The molecule has 0 saturated carbocycles. The number of hydrogen-bond acceptors (Lipinski definition) is 3. The van der Waals surface area contributed by atoms with Crippen LogP contribution in [-0.4, -0.2) is 28.6 Å². The number of rotatable bonds is 3. The first-order valence-corrected chi connectivity index (χ1v) is 7.82. The van der Waals surface area contributed by atoms with E-state index >= 15 is 0 Å². The van der Waals surface area contributed by atoms with Gasteiger partial charge in [0.2, 0.25) is 11.8 Å². The van der Waals surface area contributed by atoms with Gasteiger partial charge in [0.05, 0.1) is 11.4 Å². The SMILES string of the molecule is O=C(Nc1ccccc1)[C@H]1CC(=O)N(c2n[nH]c3ccccc23)C1. The van der Waals surface area contributed by atoms with Gasteiger partial charge in [-0.15, -0.1) is 0 Å². The van der Waals surface area contributed by atoms with E-state index in [2.05, 4.69) is 15.5 Å². The zero-order valence-electron chi connectivity index (χ0n) is 12.9. The Morgan fingerprint density at radius 3 is 2.71 bits per heavy atom. The molecular formula is C18H16N4O2. The second-order valence-electron chi connectivity index (χ2n) is 5.85. The van der Waals surface area contributed by atoms with E-state index in [1.54, 1.807) is 4.90 Å². The summed E-state index contributed by atoms with van der Waals surface area (Å²) in [5.74, 6) is -0.0175. The zero-order valence-corrected chi connectivity index (χ0v) is 12.9. The number of nitrogens with one attached hydrogen (secondary N) is 2. The number of benzene rings is 2. The number of amides is 2. The third-order valence-corrected chi connectivity index (χ3v) is 4.24. The van der Waals surface area contributed by atoms with E-state index < -0.39 is 0 Å². The van der Waals surface area contributed by atoms with E-state index in [1.807, 2.05) is 54.6 Å². The molecule has 0 radical (unpaired) electrons. The molecule has 0 aliphatic carbocycles. The van der Waals surface area contributed by atoms with Crippen LogP contribution >= 0.6 is 0 Å². The lowest BCUT2D eigenvalue weighted by Gasteiger charge is -2.14. The van der Waals surface area contributed by atoms with Crippen LogP contribution < -0.4 is 10.2 Å². The Kier molecular flexibility index (Phi) is 3.49. The lowest BCUT2D eigenvalue weighted by Crippen LogP contribution is -2.28. The third-order valence-electron chi connectivity index (χ3n) is 4.24. The summed E-state index contributed by atoms with van der Waals surface area (Å²) in [6, 6.07) is 16.9. The molecule has 2 heterocycles. The highest BCUT2D eigenvalue weighted by atomic mass is 16.2. The van der Waals surface area contributed by atoms with Crippen LogP contribution in [0.1, 0.15) is 6.42 Å². The van der Waals surface area contributed by atoms with Gasteiger partial charge in [0, 0.05) is 24.0 Å². The van der Waals surface area contributed by atoms with Crippen LogP contribution in [0, 0.1) is 5.92 Å². The molecule has 1 aliphatic rings. The Morgan fingerprint density at radius 2 is 1.88 bits per heavy atom. The Hall–Kier alpha value is -3.15. The van der Waals surface area contributed by atoms with Crippen molar-refractivity contribution in [3.63, 3.8) is 0 Å². The molecule has 1 fully saturated rings. The molecule has 2 N–H and O–H groups in total. The zero-order chi connectivity index (χ0) is 16.5. The van der Waals surface area contributed by atoms with Crippen molar-refractivity contribution < 1.29 is 9.59 Å². The fourth-order valence-corrected chi connectivity index (χ4v) is 3.01. The van der Waals surface area contributed by atoms with E-state index in [0.717, 1.165) is 16.6 Å². The van der Waals surface area contributed by atoms with Crippen LogP contribution in [0.2, 0.25) is 0 Å². The van der Waals surface area contributed by atoms with Crippen molar-refractivity contribution in [3.8, 4) is 0 Å². The molecule has 0 spiro atoms. The van der Waals surface area contributed by atoms with Crippen LogP contribution in [0.25, 0.3) is 10.9 Å². The van der Waals surface area contributed by atoms with E-state index in [9.17, 15) is 9.59 Å². The highest BCUT2D eigenvalue weighted by molar-refractivity contribution is 6.06. The molecule has 0 bridgehead atoms. The molecule has 120 valence electrons. The normalized spacial score (nSPS) is 17.4. The standard InChI is InChI=1S/C18H16N4O2/c23-16-10-12(18(24)19-13-6-2-1-3-7-13)11-22(16)17-14-8-4-5-9-15(14)20-21-17/h1-9,12H,10-11H2,(H,19,24)(H,20,21)/t12-/m0/s1. The maximum atomic E-state index is 12.4. The maximum absolute atomic E-state index is 12.4. The number of aromatic nitrogens is 2. The number of anilines is 2. The number of nitrogens with zero attached hydrogens (tertiary/aromatic N) is 2. The average molecular weight is 320 g/mol. The predicted octanol–water partition coefficient (Wildman–Crippen LogP) is 2.55. The minimum absolute atomic E-state index is 0.0829. The summed E-state index contributed by atoms with van der Waals surface area (Å²) in [7, 11) is 0. The summed E-state index contributed by atoms with van der Waals surface area (Å²) in [6.45, 7) is 0.340. The molecule has 2 aromatic carbocycles. The van der Waals surface area contributed by atoms with Gasteiger partial charge in [-0.1, -0.05) is 30.3 Å². The first-order chi connectivity index (χ1) is 11.7. The minimum atomic E-state index is -0.381. The second kappa shape index (κ2) is 5.81. The molecule has 1 aliphatic heterocycles. The molecule has 24 heavy (non-hydrogen) atoms. The van der Waals surface area contributed by atoms with Crippen molar-refractivity contribution in [2.45, 2.75) is 6.42 Å². The summed E-state index contributed by atoms with van der Waals surface area (Å²) in [5.41, 5.74) is 1.61. The first-order valence-electron chi connectivity index (χ1n) is 7.82. The highest BCUT2D eigenvalue weighted by Crippen LogP contribution is 2.30. The Balaban J connectivity index is 1.54. The monoisotopic (exact) mass is 320 g/mol. The van der Waals surface area contributed by atoms with Gasteiger partial charge in [-0.05, 0) is 24.3 Å². The number of H-pyrrole nitrogens is 1. The van der Waals surface area contributed by atoms with Crippen LogP contribution in [0.15, 0.2) is 54.6 Å². The number of carbonyl (C=O) groups is 2. The fourth-order valence-electron chi connectivity index (χ4n) is 3.01. The summed E-state index contributed by atoms with van der Waals surface area (Å²) in [6.07, 6.45) is 0.194. The summed E-state index contributed by atoms with van der Waals surface area (Å²) < 4.78 is 0.